The average molecular weight is 325 g/mol. The Morgan fingerprint density at radius 3 is 1.62 bits per heavy atom. The molecular formula is C23H32O. The van der Waals surface area contributed by atoms with Gasteiger partial charge in [-0.05, 0) is 22.1 Å². The Bertz CT molecular complexity index is 675. The Morgan fingerprint density at radius 1 is 0.625 bits per heavy atom. The van der Waals surface area contributed by atoms with E-state index in [9.17, 15) is 5.11 Å². The van der Waals surface area contributed by atoms with E-state index >= 15 is 0 Å². The molecule has 130 valence electrons. The molecule has 0 aromatic heterocycles. The minimum absolute atomic E-state index is 0.103. The van der Waals surface area contributed by atoms with Gasteiger partial charge in [-0.15, -0.1) is 0 Å². The van der Waals surface area contributed by atoms with E-state index in [0.717, 1.165) is 5.56 Å². The van der Waals surface area contributed by atoms with Gasteiger partial charge in [-0.25, -0.2) is 0 Å². The maximum absolute atomic E-state index is 11.3. The van der Waals surface area contributed by atoms with Crippen molar-refractivity contribution in [2.45, 2.75) is 70.8 Å². The van der Waals surface area contributed by atoms with Crippen molar-refractivity contribution in [3.05, 3.63) is 71.3 Å². The molecule has 0 aliphatic rings. The van der Waals surface area contributed by atoms with E-state index in [2.05, 4.69) is 84.9 Å². The standard InChI is InChI=1S/C23H32O/c1-21(2,3)18-14-11-15-19(16-18)23(6,7)20(24)22(4,5)17-12-9-8-10-13-17/h8-16,20,24H,1-7H3. The summed E-state index contributed by atoms with van der Waals surface area (Å²) in [6.07, 6.45) is -0.498. The Hall–Kier alpha value is -1.60. The van der Waals surface area contributed by atoms with Crippen molar-refractivity contribution in [3.63, 3.8) is 0 Å². The number of aliphatic hydroxyl groups excluding tert-OH is 1. The molecule has 1 nitrogen and oxygen atoms in total. The van der Waals surface area contributed by atoms with Gasteiger partial charge in [0.2, 0.25) is 0 Å². The summed E-state index contributed by atoms with van der Waals surface area (Å²) in [5, 5.41) is 11.3. The topological polar surface area (TPSA) is 20.2 Å². The second kappa shape index (κ2) is 6.37. The SMILES string of the molecule is CC(C)(C)c1cccc(C(C)(C)C(O)C(C)(C)c2ccccc2)c1. The third-order valence-corrected chi connectivity index (χ3v) is 5.36. The molecule has 0 radical (unpaired) electrons. The predicted octanol–water partition coefficient (Wildman–Crippen LogP) is 5.60. The van der Waals surface area contributed by atoms with Crippen LogP contribution in [0.25, 0.3) is 0 Å². The maximum Gasteiger partial charge on any atom is 0.0722 e. The molecule has 2 aromatic rings. The second-order valence-corrected chi connectivity index (χ2v) is 9.04. The Kier molecular flexibility index (Phi) is 4.97. The van der Waals surface area contributed by atoms with E-state index in [1.807, 2.05) is 18.2 Å². The molecule has 2 rings (SSSR count). The van der Waals surface area contributed by atoms with Crippen molar-refractivity contribution in [1.82, 2.24) is 0 Å². The molecule has 0 fully saturated rings. The molecule has 1 heteroatoms. The van der Waals surface area contributed by atoms with Crippen LogP contribution in [0.5, 0.6) is 0 Å². The van der Waals surface area contributed by atoms with E-state index in [0.29, 0.717) is 0 Å². The third kappa shape index (κ3) is 3.57. The summed E-state index contributed by atoms with van der Waals surface area (Å²) in [6, 6.07) is 19.0. The molecule has 0 heterocycles. The van der Waals surface area contributed by atoms with Crippen LogP contribution in [-0.2, 0) is 16.2 Å². The van der Waals surface area contributed by atoms with E-state index < -0.39 is 6.10 Å². The quantitative estimate of drug-likeness (QED) is 0.776. The van der Waals surface area contributed by atoms with Crippen molar-refractivity contribution in [2.24, 2.45) is 0 Å². The number of rotatable bonds is 4. The van der Waals surface area contributed by atoms with Gasteiger partial charge in [0.1, 0.15) is 0 Å². The average Bonchev–Trinajstić information content (AvgIpc) is 2.54. The van der Waals surface area contributed by atoms with Gasteiger partial charge < -0.3 is 5.11 Å². The van der Waals surface area contributed by atoms with Crippen molar-refractivity contribution < 1.29 is 5.11 Å². The molecule has 24 heavy (non-hydrogen) atoms. The highest BCUT2D eigenvalue weighted by Crippen LogP contribution is 2.40. The zero-order valence-electron chi connectivity index (χ0n) is 16.2. The summed E-state index contributed by atoms with van der Waals surface area (Å²) >= 11 is 0. The van der Waals surface area contributed by atoms with Crippen molar-refractivity contribution >= 4 is 0 Å². The van der Waals surface area contributed by atoms with Crippen LogP contribution in [-0.4, -0.2) is 11.2 Å². The third-order valence-electron chi connectivity index (χ3n) is 5.36. The van der Waals surface area contributed by atoms with Crippen LogP contribution in [0.4, 0.5) is 0 Å². The van der Waals surface area contributed by atoms with Gasteiger partial charge in [0.25, 0.3) is 0 Å². The lowest BCUT2D eigenvalue weighted by Crippen LogP contribution is -2.47. The fourth-order valence-electron chi connectivity index (χ4n) is 3.47. The first-order chi connectivity index (χ1) is 11.0. The number of benzene rings is 2. The van der Waals surface area contributed by atoms with E-state index in [1.54, 1.807) is 0 Å². The van der Waals surface area contributed by atoms with E-state index in [1.165, 1.54) is 11.1 Å². The summed E-state index contributed by atoms with van der Waals surface area (Å²) in [5.41, 5.74) is 3.08. The highest BCUT2D eigenvalue weighted by molar-refractivity contribution is 5.36. The molecule has 1 unspecified atom stereocenters. The molecule has 1 atom stereocenters. The van der Waals surface area contributed by atoms with Crippen LogP contribution in [0.15, 0.2) is 54.6 Å². The summed E-state index contributed by atoms with van der Waals surface area (Å²) in [4.78, 5) is 0. The van der Waals surface area contributed by atoms with Crippen molar-refractivity contribution in [3.8, 4) is 0 Å². The molecular weight excluding hydrogens is 292 g/mol. The van der Waals surface area contributed by atoms with Gasteiger partial charge in [0.15, 0.2) is 0 Å². The smallest absolute Gasteiger partial charge is 0.0722 e. The predicted molar refractivity (Wildman–Crippen MR) is 104 cm³/mol. The van der Waals surface area contributed by atoms with Crippen molar-refractivity contribution in [1.29, 1.82) is 0 Å². The number of aliphatic hydroxyl groups is 1. The van der Waals surface area contributed by atoms with Gasteiger partial charge in [-0.2, -0.15) is 0 Å². The molecule has 0 amide bonds. The Morgan fingerprint density at radius 2 is 1.08 bits per heavy atom. The van der Waals surface area contributed by atoms with E-state index in [-0.39, 0.29) is 16.2 Å². The molecule has 0 aliphatic heterocycles. The van der Waals surface area contributed by atoms with E-state index in [4.69, 9.17) is 0 Å². The second-order valence-electron chi connectivity index (χ2n) is 9.04. The molecule has 0 bridgehead atoms. The molecule has 0 saturated carbocycles. The highest BCUT2D eigenvalue weighted by Gasteiger charge is 2.41. The van der Waals surface area contributed by atoms with Crippen LogP contribution in [0, 0.1) is 0 Å². The zero-order valence-corrected chi connectivity index (χ0v) is 16.2. The summed E-state index contributed by atoms with van der Waals surface area (Å²) in [5.74, 6) is 0. The molecule has 2 aromatic carbocycles. The summed E-state index contributed by atoms with van der Waals surface area (Å²) < 4.78 is 0. The van der Waals surface area contributed by atoms with Crippen LogP contribution >= 0.6 is 0 Å². The van der Waals surface area contributed by atoms with Crippen LogP contribution in [0.3, 0.4) is 0 Å². The minimum atomic E-state index is -0.498. The largest absolute Gasteiger partial charge is 0.391 e. The lowest BCUT2D eigenvalue weighted by atomic mass is 9.65. The molecule has 0 spiro atoms. The zero-order chi connectivity index (χ0) is 18.2. The lowest BCUT2D eigenvalue weighted by molar-refractivity contribution is 0.0363. The van der Waals surface area contributed by atoms with Crippen molar-refractivity contribution in [2.75, 3.05) is 0 Å². The normalized spacial score (nSPS) is 14.5. The number of hydrogen-bond acceptors (Lipinski definition) is 1. The monoisotopic (exact) mass is 324 g/mol. The fourth-order valence-corrected chi connectivity index (χ4v) is 3.47. The summed E-state index contributed by atoms with van der Waals surface area (Å²) in [6.45, 7) is 15.2. The van der Waals surface area contributed by atoms with Crippen LogP contribution in [0.2, 0.25) is 0 Å². The highest BCUT2D eigenvalue weighted by atomic mass is 16.3. The maximum atomic E-state index is 11.3. The van der Waals surface area contributed by atoms with Gasteiger partial charge in [0.05, 0.1) is 6.10 Å². The molecule has 0 aliphatic carbocycles. The van der Waals surface area contributed by atoms with Crippen LogP contribution < -0.4 is 0 Å². The molecule has 0 saturated heterocycles. The van der Waals surface area contributed by atoms with Gasteiger partial charge in [0, 0.05) is 10.8 Å². The van der Waals surface area contributed by atoms with Gasteiger partial charge >= 0.3 is 0 Å². The first-order valence-corrected chi connectivity index (χ1v) is 8.82. The van der Waals surface area contributed by atoms with Gasteiger partial charge in [-0.3, -0.25) is 0 Å². The fraction of sp³-hybridized carbons (Fsp3) is 0.478. The van der Waals surface area contributed by atoms with Gasteiger partial charge in [-0.1, -0.05) is 103 Å². The first-order valence-electron chi connectivity index (χ1n) is 8.82. The summed E-state index contributed by atoms with van der Waals surface area (Å²) in [7, 11) is 0. The molecule has 1 N–H and O–H groups in total. The lowest BCUT2D eigenvalue weighted by Gasteiger charge is -2.42. The Labute approximate surface area is 147 Å². The van der Waals surface area contributed by atoms with Crippen LogP contribution in [0.1, 0.15) is 65.2 Å². The first kappa shape index (κ1) is 18.7. The number of hydrogen-bond donors (Lipinski definition) is 1. The Balaban J connectivity index is 2.43. The minimum Gasteiger partial charge on any atom is -0.391 e.